The normalized spacial score (nSPS) is 45.1. The van der Waals surface area contributed by atoms with Gasteiger partial charge in [-0.05, 0) is 100 Å². The van der Waals surface area contributed by atoms with Crippen LogP contribution in [-0.4, -0.2) is 23.6 Å². The Morgan fingerprint density at radius 3 is 2.38 bits per heavy atom. The molecule has 5 aliphatic rings. The van der Waals surface area contributed by atoms with E-state index in [1.807, 2.05) is 13.8 Å². The van der Waals surface area contributed by atoms with Crippen LogP contribution in [0.25, 0.3) is 0 Å². The minimum Gasteiger partial charge on any atom is -0.462 e. The molecule has 5 fully saturated rings. The van der Waals surface area contributed by atoms with Crippen molar-refractivity contribution < 1.29 is 19.1 Å². The Labute approximate surface area is 175 Å². The molecule has 0 aromatic rings. The molecule has 0 saturated heterocycles. The van der Waals surface area contributed by atoms with E-state index in [2.05, 4.69) is 6.92 Å². The zero-order valence-corrected chi connectivity index (χ0v) is 18.4. The van der Waals surface area contributed by atoms with Gasteiger partial charge in [-0.15, -0.1) is 0 Å². The Bertz CT molecular complexity index is 666. The zero-order valence-electron chi connectivity index (χ0n) is 18.4. The van der Waals surface area contributed by atoms with Crippen molar-refractivity contribution in [2.75, 3.05) is 0 Å². The lowest BCUT2D eigenvalue weighted by atomic mass is 9.66. The first-order valence-corrected chi connectivity index (χ1v) is 12.3. The minimum atomic E-state index is -0.237. The van der Waals surface area contributed by atoms with E-state index in [0.717, 1.165) is 38.0 Å². The van der Waals surface area contributed by atoms with Gasteiger partial charge < -0.3 is 9.47 Å². The fourth-order valence-electron chi connectivity index (χ4n) is 8.10. The van der Waals surface area contributed by atoms with Crippen molar-refractivity contribution in [2.45, 2.75) is 96.7 Å². The summed E-state index contributed by atoms with van der Waals surface area (Å²) in [4.78, 5) is 25.6. The van der Waals surface area contributed by atoms with Crippen molar-refractivity contribution in [3.63, 3.8) is 0 Å². The lowest BCUT2D eigenvalue weighted by Gasteiger charge is -2.42. The molecule has 5 rings (SSSR count). The predicted octanol–water partition coefficient (Wildman–Crippen LogP) is 5.14. The molecule has 5 aliphatic carbocycles. The summed E-state index contributed by atoms with van der Waals surface area (Å²) in [6.07, 6.45) is 11.1. The third-order valence-corrected chi connectivity index (χ3v) is 9.60. The van der Waals surface area contributed by atoms with Gasteiger partial charge in [-0.2, -0.15) is 0 Å². The van der Waals surface area contributed by atoms with Crippen LogP contribution >= 0.6 is 0 Å². The number of rotatable bonds is 5. The minimum absolute atomic E-state index is 0.0103. The van der Waals surface area contributed by atoms with E-state index >= 15 is 0 Å². The molecule has 0 N–H and O–H groups in total. The molecule has 29 heavy (non-hydrogen) atoms. The standard InChI is InChI=1S/C25H38O4/c1-4-14(2)23(26)28-20-13-16-12-19(20)22-17-10-15(21(16)22)11-18(17)24(27)29-25(3)8-6-5-7-9-25/h14-22H,4-13H2,1-3H3. The number of ether oxygens (including phenoxy) is 2. The maximum atomic E-state index is 13.2. The summed E-state index contributed by atoms with van der Waals surface area (Å²) in [6, 6.07) is 0. The van der Waals surface area contributed by atoms with Gasteiger partial charge in [0, 0.05) is 0 Å². The third-order valence-electron chi connectivity index (χ3n) is 9.60. The maximum Gasteiger partial charge on any atom is 0.309 e. The van der Waals surface area contributed by atoms with E-state index in [-0.39, 0.29) is 35.5 Å². The summed E-state index contributed by atoms with van der Waals surface area (Å²) >= 11 is 0. The third kappa shape index (κ3) is 3.24. The van der Waals surface area contributed by atoms with Crippen molar-refractivity contribution in [1.29, 1.82) is 0 Å². The van der Waals surface area contributed by atoms with Gasteiger partial charge in [-0.3, -0.25) is 9.59 Å². The Hall–Kier alpha value is -1.06. The van der Waals surface area contributed by atoms with Crippen LogP contribution in [0.4, 0.5) is 0 Å². The van der Waals surface area contributed by atoms with Crippen molar-refractivity contribution in [2.24, 2.45) is 47.3 Å². The summed E-state index contributed by atoms with van der Waals surface area (Å²) in [5, 5.41) is 0. The summed E-state index contributed by atoms with van der Waals surface area (Å²) < 4.78 is 12.1. The predicted molar refractivity (Wildman–Crippen MR) is 110 cm³/mol. The van der Waals surface area contributed by atoms with Crippen LogP contribution in [0.3, 0.4) is 0 Å². The second-order valence-electron chi connectivity index (χ2n) is 11.3. The molecule has 4 nitrogen and oxygen atoms in total. The average Bonchev–Trinajstić information content (AvgIpc) is 3.45. The molecule has 162 valence electrons. The van der Waals surface area contributed by atoms with Crippen LogP contribution in [-0.2, 0) is 19.1 Å². The van der Waals surface area contributed by atoms with Crippen LogP contribution < -0.4 is 0 Å². The number of carbonyl (C=O) groups is 2. The topological polar surface area (TPSA) is 52.6 Å². The molecular formula is C25H38O4. The van der Waals surface area contributed by atoms with Crippen LogP contribution in [0, 0.1) is 47.3 Å². The highest BCUT2D eigenvalue weighted by atomic mass is 16.6. The molecule has 0 radical (unpaired) electrons. The van der Waals surface area contributed by atoms with Gasteiger partial charge >= 0.3 is 11.9 Å². The van der Waals surface area contributed by atoms with E-state index in [0.29, 0.717) is 29.6 Å². The highest BCUT2D eigenvalue weighted by Crippen LogP contribution is 2.69. The van der Waals surface area contributed by atoms with Crippen LogP contribution in [0.1, 0.15) is 85.0 Å². The van der Waals surface area contributed by atoms with Crippen molar-refractivity contribution >= 4 is 11.9 Å². The molecule has 0 aliphatic heterocycles. The SMILES string of the molecule is CCC(C)C(=O)OC1CC2CC1C1C3CC(CC3C(=O)OC3(C)CCCCC3)C21. The molecule has 0 aromatic carbocycles. The fraction of sp³-hybridized carbons (Fsp3) is 0.920. The van der Waals surface area contributed by atoms with Crippen LogP contribution in [0.15, 0.2) is 0 Å². The molecule has 9 unspecified atom stereocenters. The summed E-state index contributed by atoms with van der Waals surface area (Å²) in [5.41, 5.74) is -0.237. The number of fused-ring (bicyclic) bond motifs is 9. The van der Waals surface area contributed by atoms with Gasteiger partial charge in [0.05, 0.1) is 11.8 Å². The van der Waals surface area contributed by atoms with Crippen LogP contribution in [0.5, 0.6) is 0 Å². The van der Waals surface area contributed by atoms with E-state index in [1.54, 1.807) is 0 Å². The molecule has 0 spiro atoms. The molecular weight excluding hydrogens is 364 g/mol. The molecule has 9 atom stereocenters. The first-order valence-electron chi connectivity index (χ1n) is 12.3. The first-order chi connectivity index (χ1) is 13.9. The number of hydrogen-bond donors (Lipinski definition) is 0. The molecule has 0 amide bonds. The average molecular weight is 403 g/mol. The monoisotopic (exact) mass is 402 g/mol. The molecule has 4 heteroatoms. The van der Waals surface area contributed by atoms with Crippen molar-refractivity contribution in [3.8, 4) is 0 Å². The van der Waals surface area contributed by atoms with Gasteiger partial charge in [0.1, 0.15) is 11.7 Å². The van der Waals surface area contributed by atoms with Crippen molar-refractivity contribution in [3.05, 3.63) is 0 Å². The zero-order chi connectivity index (χ0) is 20.3. The number of esters is 2. The summed E-state index contributed by atoms with van der Waals surface area (Å²) in [7, 11) is 0. The summed E-state index contributed by atoms with van der Waals surface area (Å²) in [6.45, 7) is 6.15. The highest BCUT2D eigenvalue weighted by Gasteiger charge is 2.66. The van der Waals surface area contributed by atoms with E-state index in [1.165, 1.54) is 32.1 Å². The quantitative estimate of drug-likeness (QED) is 0.472. The smallest absolute Gasteiger partial charge is 0.309 e. The molecule has 0 aromatic heterocycles. The lowest BCUT2D eigenvalue weighted by Crippen LogP contribution is -2.44. The van der Waals surface area contributed by atoms with E-state index in [4.69, 9.17) is 9.47 Å². The Morgan fingerprint density at radius 1 is 0.966 bits per heavy atom. The van der Waals surface area contributed by atoms with Gasteiger partial charge in [0.25, 0.3) is 0 Å². The Morgan fingerprint density at radius 2 is 1.66 bits per heavy atom. The maximum absolute atomic E-state index is 13.2. The highest BCUT2D eigenvalue weighted by molar-refractivity contribution is 5.74. The van der Waals surface area contributed by atoms with Gasteiger partial charge in [-0.1, -0.05) is 20.3 Å². The van der Waals surface area contributed by atoms with Gasteiger partial charge in [0.15, 0.2) is 0 Å². The lowest BCUT2D eigenvalue weighted by molar-refractivity contribution is -0.172. The Kier molecular flexibility index (Phi) is 4.98. The van der Waals surface area contributed by atoms with E-state index < -0.39 is 0 Å². The fourth-order valence-corrected chi connectivity index (χ4v) is 8.10. The summed E-state index contributed by atoms with van der Waals surface area (Å²) in [5.74, 6) is 3.84. The second kappa shape index (κ2) is 7.27. The number of carbonyl (C=O) groups excluding carboxylic acids is 2. The van der Waals surface area contributed by atoms with E-state index in [9.17, 15) is 9.59 Å². The first kappa shape index (κ1) is 19.9. The van der Waals surface area contributed by atoms with Gasteiger partial charge in [0.2, 0.25) is 0 Å². The Balaban J connectivity index is 1.26. The largest absolute Gasteiger partial charge is 0.462 e. The molecule has 0 heterocycles. The van der Waals surface area contributed by atoms with Crippen LogP contribution in [0.2, 0.25) is 0 Å². The van der Waals surface area contributed by atoms with Crippen molar-refractivity contribution in [1.82, 2.24) is 0 Å². The number of hydrogen-bond acceptors (Lipinski definition) is 4. The molecule has 4 bridgehead atoms. The molecule has 5 saturated carbocycles. The second-order valence-corrected chi connectivity index (χ2v) is 11.3. The van der Waals surface area contributed by atoms with Gasteiger partial charge in [-0.25, -0.2) is 0 Å².